The normalized spacial score (nSPS) is 24.6. The molecule has 1 aliphatic heterocycles. The number of phenolic OH excluding ortho intramolecular Hbond substituents is 1. The van der Waals surface area contributed by atoms with Crippen LogP contribution in [-0.4, -0.2) is 18.3 Å². The molecule has 0 amide bonds. The zero-order chi connectivity index (χ0) is 11.5. The molecule has 0 aliphatic carbocycles. The summed E-state index contributed by atoms with van der Waals surface area (Å²) < 4.78 is 5.39. The lowest BCUT2D eigenvalue weighted by Gasteiger charge is -2.13. The zero-order valence-corrected chi connectivity index (χ0v) is 9.86. The Morgan fingerprint density at radius 2 is 2.31 bits per heavy atom. The second-order valence-corrected chi connectivity index (χ2v) is 4.46. The largest absolute Gasteiger partial charge is 0.504 e. The van der Waals surface area contributed by atoms with Gasteiger partial charge in [-0.3, -0.25) is 0 Å². The van der Waals surface area contributed by atoms with E-state index >= 15 is 0 Å². The van der Waals surface area contributed by atoms with Crippen molar-refractivity contribution < 1.29 is 9.84 Å². The van der Waals surface area contributed by atoms with Gasteiger partial charge in [-0.15, -0.1) is 0 Å². The molecular formula is C13H19NO2. The molecule has 0 radical (unpaired) electrons. The molecule has 2 N–H and O–H groups in total. The molecule has 0 unspecified atom stereocenters. The predicted molar refractivity (Wildman–Crippen MR) is 63.8 cm³/mol. The van der Waals surface area contributed by atoms with Crippen molar-refractivity contribution in [3.05, 3.63) is 23.8 Å². The number of hydrogen-bond donors (Lipinski definition) is 2. The van der Waals surface area contributed by atoms with Crippen molar-refractivity contribution in [2.24, 2.45) is 5.92 Å². The van der Waals surface area contributed by atoms with E-state index in [0.29, 0.717) is 24.3 Å². The maximum Gasteiger partial charge on any atom is 0.161 e. The van der Waals surface area contributed by atoms with Crippen molar-refractivity contribution in [3.63, 3.8) is 0 Å². The molecule has 88 valence electrons. The van der Waals surface area contributed by atoms with Crippen molar-refractivity contribution in [1.82, 2.24) is 5.32 Å². The zero-order valence-electron chi connectivity index (χ0n) is 9.86. The van der Waals surface area contributed by atoms with Gasteiger partial charge in [-0.05, 0) is 43.5 Å². The number of rotatable bonds is 3. The molecule has 1 heterocycles. The molecule has 0 spiro atoms. The van der Waals surface area contributed by atoms with E-state index < -0.39 is 0 Å². The van der Waals surface area contributed by atoms with Crippen LogP contribution in [-0.2, 0) is 0 Å². The molecule has 16 heavy (non-hydrogen) atoms. The Labute approximate surface area is 96.4 Å². The fourth-order valence-electron chi connectivity index (χ4n) is 2.18. The lowest BCUT2D eigenvalue weighted by Crippen LogP contribution is -2.13. The topological polar surface area (TPSA) is 41.5 Å². The highest BCUT2D eigenvalue weighted by Gasteiger charge is 2.22. The Kier molecular flexibility index (Phi) is 3.34. The molecule has 1 aromatic rings. The quantitative estimate of drug-likeness (QED) is 0.823. The first-order chi connectivity index (χ1) is 7.70. The van der Waals surface area contributed by atoms with Crippen LogP contribution in [0.1, 0.15) is 31.9 Å². The highest BCUT2D eigenvalue weighted by Crippen LogP contribution is 2.33. The molecule has 3 heteroatoms. The van der Waals surface area contributed by atoms with Crippen LogP contribution in [0.25, 0.3) is 0 Å². The lowest BCUT2D eigenvalue weighted by atomic mass is 10.0. The minimum absolute atomic E-state index is 0.219. The first-order valence-corrected chi connectivity index (χ1v) is 5.89. The Balaban J connectivity index is 2.18. The van der Waals surface area contributed by atoms with Crippen molar-refractivity contribution in [3.8, 4) is 11.5 Å². The first-order valence-electron chi connectivity index (χ1n) is 5.89. The molecule has 2 atom stereocenters. The average Bonchev–Trinajstić information content (AvgIpc) is 2.69. The van der Waals surface area contributed by atoms with Crippen LogP contribution in [0.15, 0.2) is 18.2 Å². The molecule has 3 nitrogen and oxygen atoms in total. The number of benzene rings is 1. The van der Waals surface area contributed by atoms with Gasteiger partial charge in [0.2, 0.25) is 0 Å². The molecule has 1 aromatic carbocycles. The minimum atomic E-state index is 0.219. The maximum absolute atomic E-state index is 9.62. The second kappa shape index (κ2) is 4.74. The van der Waals surface area contributed by atoms with Gasteiger partial charge in [-0.2, -0.15) is 0 Å². The number of phenols is 1. The van der Waals surface area contributed by atoms with Crippen molar-refractivity contribution in [2.75, 3.05) is 13.2 Å². The summed E-state index contributed by atoms with van der Waals surface area (Å²) in [5.41, 5.74) is 1.20. The molecule has 1 fully saturated rings. The van der Waals surface area contributed by atoms with E-state index in [0.717, 1.165) is 13.0 Å². The van der Waals surface area contributed by atoms with Gasteiger partial charge in [-0.25, -0.2) is 0 Å². The summed E-state index contributed by atoms with van der Waals surface area (Å²) in [7, 11) is 0. The van der Waals surface area contributed by atoms with E-state index in [9.17, 15) is 5.11 Å². The number of nitrogens with one attached hydrogen (secondary N) is 1. The SMILES string of the molecule is CCOc1cc([C@@H]2C[C@H](C)CN2)ccc1O. The predicted octanol–water partition coefficient (Wildman–Crippen LogP) is 2.46. The fraction of sp³-hybridized carbons (Fsp3) is 0.538. The van der Waals surface area contributed by atoms with E-state index in [2.05, 4.69) is 12.2 Å². The van der Waals surface area contributed by atoms with Gasteiger partial charge >= 0.3 is 0 Å². The van der Waals surface area contributed by atoms with Gasteiger partial charge in [0, 0.05) is 6.04 Å². The second-order valence-electron chi connectivity index (χ2n) is 4.46. The summed E-state index contributed by atoms with van der Waals surface area (Å²) in [5, 5.41) is 13.1. The van der Waals surface area contributed by atoms with Crippen LogP contribution in [0, 0.1) is 5.92 Å². The fourth-order valence-corrected chi connectivity index (χ4v) is 2.18. The van der Waals surface area contributed by atoms with Crippen molar-refractivity contribution in [2.45, 2.75) is 26.3 Å². The van der Waals surface area contributed by atoms with Crippen molar-refractivity contribution in [1.29, 1.82) is 0 Å². The third-order valence-corrected chi connectivity index (χ3v) is 3.04. The summed E-state index contributed by atoms with van der Waals surface area (Å²) in [4.78, 5) is 0. The maximum atomic E-state index is 9.62. The Bertz CT molecular complexity index is 365. The van der Waals surface area contributed by atoms with E-state index in [-0.39, 0.29) is 5.75 Å². The van der Waals surface area contributed by atoms with E-state index in [1.165, 1.54) is 5.56 Å². The Hall–Kier alpha value is -1.22. The summed E-state index contributed by atoms with van der Waals surface area (Å²) in [5.74, 6) is 1.52. The van der Waals surface area contributed by atoms with Gasteiger partial charge in [0.05, 0.1) is 6.61 Å². The van der Waals surface area contributed by atoms with E-state index in [1.807, 2.05) is 19.1 Å². The number of ether oxygens (including phenoxy) is 1. The molecule has 1 aliphatic rings. The van der Waals surface area contributed by atoms with Crippen LogP contribution >= 0.6 is 0 Å². The summed E-state index contributed by atoms with van der Waals surface area (Å²) >= 11 is 0. The highest BCUT2D eigenvalue weighted by atomic mass is 16.5. The first kappa shape index (κ1) is 11.3. The lowest BCUT2D eigenvalue weighted by molar-refractivity contribution is 0.317. The van der Waals surface area contributed by atoms with Crippen LogP contribution in [0.5, 0.6) is 11.5 Å². The Morgan fingerprint density at radius 1 is 1.50 bits per heavy atom. The summed E-state index contributed by atoms with van der Waals surface area (Å²) in [6, 6.07) is 6.02. The Morgan fingerprint density at radius 3 is 2.94 bits per heavy atom. The molecule has 0 bridgehead atoms. The molecule has 2 rings (SSSR count). The molecular weight excluding hydrogens is 202 g/mol. The third kappa shape index (κ3) is 2.30. The van der Waals surface area contributed by atoms with Gasteiger partial charge < -0.3 is 15.2 Å². The summed E-state index contributed by atoms with van der Waals surface area (Å²) in [6.45, 7) is 5.81. The van der Waals surface area contributed by atoms with Crippen LogP contribution < -0.4 is 10.1 Å². The van der Waals surface area contributed by atoms with E-state index in [4.69, 9.17) is 4.74 Å². The summed E-state index contributed by atoms with van der Waals surface area (Å²) in [6.07, 6.45) is 1.15. The third-order valence-electron chi connectivity index (χ3n) is 3.04. The average molecular weight is 221 g/mol. The molecule has 0 aromatic heterocycles. The van der Waals surface area contributed by atoms with Crippen molar-refractivity contribution >= 4 is 0 Å². The van der Waals surface area contributed by atoms with Gasteiger partial charge in [0.15, 0.2) is 11.5 Å². The molecule has 1 saturated heterocycles. The van der Waals surface area contributed by atoms with Crippen LogP contribution in [0.2, 0.25) is 0 Å². The smallest absolute Gasteiger partial charge is 0.161 e. The minimum Gasteiger partial charge on any atom is -0.504 e. The van der Waals surface area contributed by atoms with Gasteiger partial charge in [-0.1, -0.05) is 13.0 Å². The van der Waals surface area contributed by atoms with Gasteiger partial charge in [0.1, 0.15) is 0 Å². The monoisotopic (exact) mass is 221 g/mol. The van der Waals surface area contributed by atoms with Gasteiger partial charge in [0.25, 0.3) is 0 Å². The number of hydrogen-bond acceptors (Lipinski definition) is 3. The highest BCUT2D eigenvalue weighted by molar-refractivity contribution is 5.43. The number of aromatic hydroxyl groups is 1. The standard InChI is InChI=1S/C13H19NO2/c1-3-16-13-7-10(4-5-12(13)15)11-6-9(2)8-14-11/h4-5,7,9,11,14-15H,3,6,8H2,1-2H3/t9-,11-/m0/s1. The van der Waals surface area contributed by atoms with Crippen LogP contribution in [0.4, 0.5) is 0 Å². The molecule has 0 saturated carbocycles. The van der Waals surface area contributed by atoms with E-state index in [1.54, 1.807) is 6.07 Å². The van der Waals surface area contributed by atoms with Crippen LogP contribution in [0.3, 0.4) is 0 Å².